The van der Waals surface area contributed by atoms with Gasteiger partial charge in [0.1, 0.15) is 17.7 Å². The third-order valence-corrected chi connectivity index (χ3v) is 5.54. The van der Waals surface area contributed by atoms with Gasteiger partial charge < -0.3 is 19.8 Å². The lowest BCUT2D eigenvalue weighted by Crippen LogP contribution is -2.48. The molecule has 1 saturated carbocycles. The van der Waals surface area contributed by atoms with Gasteiger partial charge in [-0.1, -0.05) is 0 Å². The first-order chi connectivity index (χ1) is 14.2. The van der Waals surface area contributed by atoms with Gasteiger partial charge in [-0.3, -0.25) is 4.79 Å². The fourth-order valence-corrected chi connectivity index (χ4v) is 3.69. The van der Waals surface area contributed by atoms with Gasteiger partial charge in [-0.25, -0.2) is 9.97 Å². The summed E-state index contributed by atoms with van der Waals surface area (Å²) in [7, 11) is 3.53. The number of hydrogen-bond acceptors (Lipinski definition) is 7. The lowest BCUT2D eigenvalue weighted by atomic mass is 10.1. The molecule has 2 aliphatic rings. The first kappa shape index (κ1) is 18.0. The standard InChI is InChI=1S/C20H22N6O3/c1-21-18-14-8-22-16(24-19(27)11-3-4-11)7-13(14)15(9-23-18)20-25-26-10-12(28-2)5-6-17(26)29-20/h7-9,11-12H,3-6,10H2,1-2H3,(H-,21,22,23,24,25,27)/p+1. The number of nitrogens with zero attached hydrogens (tertiary/aromatic N) is 4. The van der Waals surface area contributed by atoms with Crippen LogP contribution in [0.5, 0.6) is 0 Å². The van der Waals surface area contributed by atoms with Crippen LogP contribution in [0.25, 0.3) is 22.2 Å². The normalized spacial score (nSPS) is 18.5. The molecule has 2 N–H and O–H groups in total. The Bertz CT molecular complexity index is 1090. The second-order valence-electron chi connectivity index (χ2n) is 7.53. The molecule has 150 valence electrons. The summed E-state index contributed by atoms with van der Waals surface area (Å²) in [6.45, 7) is 0.666. The zero-order chi connectivity index (χ0) is 20.0. The molecule has 0 bridgehead atoms. The second-order valence-corrected chi connectivity index (χ2v) is 7.53. The number of fused-ring (bicyclic) bond motifs is 2. The number of hydrogen-bond donors (Lipinski definition) is 2. The quantitative estimate of drug-likeness (QED) is 0.636. The number of carbonyl (C=O) groups is 1. The largest absolute Gasteiger partial charge is 0.381 e. The molecule has 0 aromatic carbocycles. The fourth-order valence-electron chi connectivity index (χ4n) is 3.69. The molecule has 1 fully saturated rings. The van der Waals surface area contributed by atoms with Crippen molar-refractivity contribution >= 4 is 28.3 Å². The van der Waals surface area contributed by atoms with E-state index in [1.165, 1.54) is 0 Å². The first-order valence-corrected chi connectivity index (χ1v) is 9.86. The second kappa shape index (κ2) is 7.07. The molecule has 1 atom stereocenters. The van der Waals surface area contributed by atoms with Crippen molar-refractivity contribution in [3.63, 3.8) is 0 Å². The molecule has 9 nitrogen and oxygen atoms in total. The molecule has 3 aromatic rings. The van der Waals surface area contributed by atoms with Crippen molar-refractivity contribution in [2.24, 2.45) is 5.92 Å². The van der Waals surface area contributed by atoms with E-state index in [1.54, 1.807) is 19.5 Å². The van der Waals surface area contributed by atoms with Gasteiger partial charge in [-0.2, -0.15) is 0 Å². The van der Waals surface area contributed by atoms with E-state index in [0.717, 1.165) is 47.9 Å². The Labute approximate surface area is 167 Å². The topological polar surface area (TPSA) is 106 Å². The van der Waals surface area contributed by atoms with Crippen LogP contribution in [0.2, 0.25) is 0 Å². The van der Waals surface area contributed by atoms with E-state index in [9.17, 15) is 4.79 Å². The predicted octanol–water partition coefficient (Wildman–Crippen LogP) is 1.92. The van der Waals surface area contributed by atoms with E-state index in [0.29, 0.717) is 24.1 Å². The fraction of sp³-hybridized carbons (Fsp3) is 0.450. The number of aryl methyl sites for hydroxylation is 1. The van der Waals surface area contributed by atoms with Crippen molar-refractivity contribution in [2.75, 3.05) is 24.8 Å². The summed E-state index contributed by atoms with van der Waals surface area (Å²) in [4.78, 5) is 21.1. The average Bonchev–Trinajstić information content (AvgIpc) is 3.51. The van der Waals surface area contributed by atoms with Crippen LogP contribution in [0.4, 0.5) is 11.6 Å². The van der Waals surface area contributed by atoms with Crippen LogP contribution < -0.4 is 15.3 Å². The van der Waals surface area contributed by atoms with Gasteiger partial charge in [0.25, 0.3) is 5.89 Å². The van der Waals surface area contributed by atoms with E-state index in [1.807, 2.05) is 17.8 Å². The summed E-state index contributed by atoms with van der Waals surface area (Å²) in [6.07, 6.45) is 7.17. The van der Waals surface area contributed by atoms with Crippen LogP contribution in [0.15, 0.2) is 22.9 Å². The minimum atomic E-state index is 0.0223. The third-order valence-electron chi connectivity index (χ3n) is 5.54. The Balaban J connectivity index is 1.57. The average molecular weight is 395 g/mol. The molecule has 1 amide bonds. The summed E-state index contributed by atoms with van der Waals surface area (Å²) in [5, 5.41) is 12.4. The van der Waals surface area contributed by atoms with Gasteiger partial charge in [-0.05, 0) is 30.0 Å². The molecule has 1 aliphatic carbocycles. The Morgan fingerprint density at radius 2 is 2.10 bits per heavy atom. The van der Waals surface area contributed by atoms with Gasteiger partial charge in [0.15, 0.2) is 0 Å². The lowest BCUT2D eigenvalue weighted by Gasteiger charge is -2.12. The Kier molecular flexibility index (Phi) is 4.39. The minimum absolute atomic E-state index is 0.0223. The number of amides is 1. The highest BCUT2D eigenvalue weighted by atomic mass is 16.5. The number of rotatable bonds is 5. The maximum atomic E-state index is 12.2. The lowest BCUT2D eigenvalue weighted by molar-refractivity contribution is -0.771. The Morgan fingerprint density at radius 1 is 1.24 bits per heavy atom. The summed E-state index contributed by atoms with van der Waals surface area (Å²) in [6, 6.07) is 1.86. The van der Waals surface area contributed by atoms with Gasteiger partial charge in [-0.15, -0.1) is 0 Å². The van der Waals surface area contributed by atoms with E-state index in [4.69, 9.17) is 9.15 Å². The summed E-state index contributed by atoms with van der Waals surface area (Å²) in [5.41, 5.74) is 0.763. The molecule has 4 heterocycles. The predicted molar refractivity (Wildman–Crippen MR) is 105 cm³/mol. The number of nitrogens with one attached hydrogen (secondary N) is 2. The maximum absolute atomic E-state index is 12.2. The number of aromatic nitrogens is 4. The monoisotopic (exact) mass is 395 g/mol. The first-order valence-electron chi connectivity index (χ1n) is 9.86. The highest BCUT2D eigenvalue weighted by Gasteiger charge is 2.33. The van der Waals surface area contributed by atoms with Crippen LogP contribution in [0.1, 0.15) is 25.2 Å². The van der Waals surface area contributed by atoms with Crippen molar-refractivity contribution in [1.82, 2.24) is 15.1 Å². The number of methoxy groups -OCH3 is 1. The van der Waals surface area contributed by atoms with E-state index in [-0.39, 0.29) is 17.9 Å². The zero-order valence-electron chi connectivity index (χ0n) is 16.4. The minimum Gasteiger partial charge on any atom is -0.381 e. The van der Waals surface area contributed by atoms with E-state index >= 15 is 0 Å². The van der Waals surface area contributed by atoms with Crippen LogP contribution in [0, 0.1) is 5.92 Å². The van der Waals surface area contributed by atoms with Crippen molar-refractivity contribution in [3.8, 4) is 11.5 Å². The van der Waals surface area contributed by atoms with E-state index in [2.05, 4.69) is 25.7 Å². The molecule has 1 unspecified atom stereocenters. The van der Waals surface area contributed by atoms with Gasteiger partial charge in [0, 0.05) is 48.3 Å². The number of anilines is 2. The molecular formula is C20H23N6O3+. The SMILES string of the molecule is CNc1ncc(-c2n[n+]3c(o2)CCC(OC)C3)c2cc(NC(=O)C3CC3)ncc12. The summed E-state index contributed by atoms with van der Waals surface area (Å²) in [5.74, 6) is 2.69. The Hall–Kier alpha value is -3.07. The van der Waals surface area contributed by atoms with Crippen LogP contribution in [-0.2, 0) is 22.5 Å². The van der Waals surface area contributed by atoms with Gasteiger partial charge in [0.2, 0.25) is 12.5 Å². The number of pyridine rings is 2. The summed E-state index contributed by atoms with van der Waals surface area (Å²) >= 11 is 0. The van der Waals surface area contributed by atoms with Crippen LogP contribution in [0.3, 0.4) is 0 Å². The highest BCUT2D eigenvalue weighted by Crippen LogP contribution is 2.33. The zero-order valence-corrected chi connectivity index (χ0v) is 16.4. The molecule has 9 heteroatoms. The van der Waals surface area contributed by atoms with Crippen molar-refractivity contribution in [1.29, 1.82) is 0 Å². The van der Waals surface area contributed by atoms with Gasteiger partial charge >= 0.3 is 5.89 Å². The molecular weight excluding hydrogens is 372 g/mol. The van der Waals surface area contributed by atoms with Crippen LogP contribution in [-0.4, -0.2) is 41.2 Å². The van der Waals surface area contributed by atoms with Crippen molar-refractivity contribution in [3.05, 3.63) is 24.4 Å². The summed E-state index contributed by atoms with van der Waals surface area (Å²) < 4.78 is 13.4. The molecule has 3 aromatic heterocycles. The third kappa shape index (κ3) is 3.31. The number of carbonyl (C=O) groups excluding carboxylic acids is 1. The smallest absolute Gasteiger partial charge is 0.374 e. The highest BCUT2D eigenvalue weighted by molar-refractivity contribution is 6.02. The van der Waals surface area contributed by atoms with Crippen molar-refractivity contribution < 1.29 is 18.6 Å². The molecule has 0 spiro atoms. The molecule has 0 radical (unpaired) electrons. The Morgan fingerprint density at radius 3 is 2.86 bits per heavy atom. The van der Waals surface area contributed by atoms with E-state index < -0.39 is 0 Å². The molecule has 29 heavy (non-hydrogen) atoms. The van der Waals surface area contributed by atoms with Crippen molar-refractivity contribution in [2.45, 2.75) is 38.3 Å². The molecule has 5 rings (SSSR count). The van der Waals surface area contributed by atoms with Gasteiger partial charge in [0.05, 0.1) is 12.0 Å². The maximum Gasteiger partial charge on any atom is 0.374 e. The van der Waals surface area contributed by atoms with Crippen LogP contribution >= 0.6 is 0 Å². The number of ether oxygens (including phenoxy) is 1. The molecule has 1 aliphatic heterocycles. The molecule has 0 saturated heterocycles.